The summed E-state index contributed by atoms with van der Waals surface area (Å²) in [7, 11) is 0. The largest absolute Gasteiger partial charge is 0.324 e. The van der Waals surface area contributed by atoms with Crippen LogP contribution >= 0.6 is 11.8 Å². The molecular formula is C13H19NS. The summed E-state index contributed by atoms with van der Waals surface area (Å²) in [6.45, 7) is 6.27. The molecule has 0 aliphatic carbocycles. The molecule has 1 atom stereocenters. The summed E-state index contributed by atoms with van der Waals surface area (Å²) in [6.07, 6.45) is 2.11. The number of benzene rings is 1. The number of hydrogen-bond donors (Lipinski definition) is 1. The lowest BCUT2D eigenvalue weighted by Gasteiger charge is -2.07. The van der Waals surface area contributed by atoms with E-state index >= 15 is 0 Å². The smallest absolute Gasteiger partial charge is 0.0321 e. The van der Waals surface area contributed by atoms with E-state index < -0.39 is 0 Å². The minimum absolute atomic E-state index is 0.153. The average molecular weight is 221 g/mol. The Hall–Kier alpha value is -0.730. The first-order valence-corrected chi connectivity index (χ1v) is 6.16. The molecule has 1 aromatic rings. The second kappa shape index (κ2) is 5.99. The number of hydrogen-bond acceptors (Lipinski definition) is 2. The van der Waals surface area contributed by atoms with E-state index in [-0.39, 0.29) is 6.04 Å². The molecule has 0 aliphatic heterocycles. The SMILES string of the molecule is CC(C)=CC(N)CSc1cccc(C)c1. The molecule has 2 N–H and O–H groups in total. The fourth-order valence-corrected chi connectivity index (χ4v) is 2.30. The third kappa shape index (κ3) is 5.05. The van der Waals surface area contributed by atoms with E-state index in [1.165, 1.54) is 16.0 Å². The standard InChI is InChI=1S/C13H19NS/c1-10(2)7-12(14)9-15-13-6-4-5-11(3)8-13/h4-8,12H,9,14H2,1-3H3. The van der Waals surface area contributed by atoms with E-state index in [2.05, 4.69) is 51.1 Å². The molecule has 0 fully saturated rings. The maximum Gasteiger partial charge on any atom is 0.0321 e. The lowest BCUT2D eigenvalue weighted by molar-refractivity contribution is 0.926. The lowest BCUT2D eigenvalue weighted by atomic mass is 10.2. The van der Waals surface area contributed by atoms with Gasteiger partial charge >= 0.3 is 0 Å². The van der Waals surface area contributed by atoms with Crippen LogP contribution in [0.4, 0.5) is 0 Å². The highest BCUT2D eigenvalue weighted by Gasteiger charge is 2.00. The number of aryl methyl sites for hydroxylation is 1. The van der Waals surface area contributed by atoms with Gasteiger partial charge in [0.25, 0.3) is 0 Å². The first-order valence-electron chi connectivity index (χ1n) is 5.18. The van der Waals surface area contributed by atoms with Gasteiger partial charge in [0.1, 0.15) is 0 Å². The summed E-state index contributed by atoms with van der Waals surface area (Å²) < 4.78 is 0. The molecule has 0 saturated carbocycles. The minimum Gasteiger partial charge on any atom is -0.324 e. The molecule has 0 bridgehead atoms. The molecule has 1 aromatic carbocycles. The van der Waals surface area contributed by atoms with Gasteiger partial charge in [0.05, 0.1) is 0 Å². The van der Waals surface area contributed by atoms with Crippen molar-refractivity contribution in [3.63, 3.8) is 0 Å². The molecule has 82 valence electrons. The van der Waals surface area contributed by atoms with Crippen molar-refractivity contribution in [1.29, 1.82) is 0 Å². The molecule has 1 rings (SSSR count). The molecule has 0 aliphatic rings. The van der Waals surface area contributed by atoms with Gasteiger partial charge in [-0.2, -0.15) is 0 Å². The maximum atomic E-state index is 5.96. The zero-order valence-corrected chi connectivity index (χ0v) is 10.5. The van der Waals surface area contributed by atoms with Crippen LogP contribution in [-0.4, -0.2) is 11.8 Å². The first kappa shape index (κ1) is 12.3. The summed E-state index contributed by atoms with van der Waals surface area (Å²) >= 11 is 1.82. The molecule has 0 radical (unpaired) electrons. The monoisotopic (exact) mass is 221 g/mol. The van der Waals surface area contributed by atoms with E-state index in [1.807, 2.05) is 11.8 Å². The first-order chi connectivity index (χ1) is 7.08. The van der Waals surface area contributed by atoms with Crippen molar-refractivity contribution in [2.45, 2.75) is 31.7 Å². The van der Waals surface area contributed by atoms with Crippen molar-refractivity contribution in [3.05, 3.63) is 41.5 Å². The molecule has 0 amide bonds. The Morgan fingerprint density at radius 1 is 1.47 bits per heavy atom. The Bertz CT molecular complexity index is 340. The van der Waals surface area contributed by atoms with Gasteiger partial charge in [-0.05, 0) is 32.9 Å². The molecular weight excluding hydrogens is 202 g/mol. The third-order valence-electron chi connectivity index (χ3n) is 1.98. The Balaban J connectivity index is 2.47. The van der Waals surface area contributed by atoms with Gasteiger partial charge in [-0.15, -0.1) is 11.8 Å². The Morgan fingerprint density at radius 3 is 2.80 bits per heavy atom. The fourth-order valence-electron chi connectivity index (χ4n) is 1.37. The summed E-state index contributed by atoms with van der Waals surface area (Å²) in [5, 5.41) is 0. The van der Waals surface area contributed by atoms with Crippen molar-refractivity contribution >= 4 is 11.8 Å². The Morgan fingerprint density at radius 2 is 2.20 bits per heavy atom. The molecule has 15 heavy (non-hydrogen) atoms. The van der Waals surface area contributed by atoms with Crippen molar-refractivity contribution in [3.8, 4) is 0 Å². The van der Waals surface area contributed by atoms with Gasteiger partial charge < -0.3 is 5.73 Å². The normalized spacial score (nSPS) is 12.3. The fraction of sp³-hybridized carbons (Fsp3) is 0.385. The van der Waals surface area contributed by atoms with Crippen LogP contribution in [0, 0.1) is 6.92 Å². The molecule has 1 unspecified atom stereocenters. The van der Waals surface area contributed by atoms with Crippen LogP contribution < -0.4 is 5.73 Å². The molecule has 2 heteroatoms. The molecule has 0 aromatic heterocycles. The summed E-state index contributed by atoms with van der Waals surface area (Å²) in [6, 6.07) is 8.68. The Labute approximate surface area is 96.8 Å². The molecule has 0 heterocycles. The lowest BCUT2D eigenvalue weighted by Crippen LogP contribution is -2.20. The van der Waals surface area contributed by atoms with E-state index in [1.54, 1.807) is 0 Å². The zero-order valence-electron chi connectivity index (χ0n) is 9.66. The van der Waals surface area contributed by atoms with E-state index in [9.17, 15) is 0 Å². The van der Waals surface area contributed by atoms with Gasteiger partial charge in [-0.25, -0.2) is 0 Å². The molecule has 0 saturated heterocycles. The van der Waals surface area contributed by atoms with Gasteiger partial charge in [0, 0.05) is 16.7 Å². The third-order valence-corrected chi connectivity index (χ3v) is 3.12. The van der Waals surface area contributed by atoms with Crippen LogP contribution in [0.1, 0.15) is 19.4 Å². The quantitative estimate of drug-likeness (QED) is 0.623. The van der Waals surface area contributed by atoms with Crippen molar-refractivity contribution < 1.29 is 0 Å². The highest BCUT2D eigenvalue weighted by molar-refractivity contribution is 7.99. The van der Waals surface area contributed by atoms with E-state index in [0.29, 0.717) is 0 Å². The average Bonchev–Trinajstić information content (AvgIpc) is 2.14. The van der Waals surface area contributed by atoms with Gasteiger partial charge in [-0.3, -0.25) is 0 Å². The van der Waals surface area contributed by atoms with Crippen molar-refractivity contribution in [2.24, 2.45) is 5.73 Å². The molecule has 1 nitrogen and oxygen atoms in total. The van der Waals surface area contributed by atoms with Crippen LogP contribution in [0.25, 0.3) is 0 Å². The minimum atomic E-state index is 0.153. The maximum absolute atomic E-state index is 5.96. The van der Waals surface area contributed by atoms with Crippen LogP contribution in [-0.2, 0) is 0 Å². The number of rotatable bonds is 4. The van der Waals surface area contributed by atoms with Gasteiger partial charge in [0.2, 0.25) is 0 Å². The number of thioether (sulfide) groups is 1. The van der Waals surface area contributed by atoms with Crippen LogP contribution in [0.3, 0.4) is 0 Å². The van der Waals surface area contributed by atoms with Crippen molar-refractivity contribution in [1.82, 2.24) is 0 Å². The van der Waals surface area contributed by atoms with Crippen molar-refractivity contribution in [2.75, 3.05) is 5.75 Å². The summed E-state index contributed by atoms with van der Waals surface area (Å²) in [5.74, 6) is 0.939. The van der Waals surface area contributed by atoms with Gasteiger partial charge in [0.15, 0.2) is 0 Å². The predicted molar refractivity (Wildman–Crippen MR) is 69.3 cm³/mol. The summed E-state index contributed by atoms with van der Waals surface area (Å²) in [4.78, 5) is 1.30. The highest BCUT2D eigenvalue weighted by atomic mass is 32.2. The highest BCUT2D eigenvalue weighted by Crippen LogP contribution is 2.19. The second-order valence-electron chi connectivity index (χ2n) is 4.04. The summed E-state index contributed by atoms with van der Waals surface area (Å²) in [5.41, 5.74) is 8.55. The van der Waals surface area contributed by atoms with Crippen LogP contribution in [0.15, 0.2) is 40.8 Å². The number of nitrogens with two attached hydrogens (primary N) is 1. The predicted octanol–water partition coefficient (Wildman–Crippen LogP) is 3.38. The van der Waals surface area contributed by atoms with Gasteiger partial charge in [-0.1, -0.05) is 29.3 Å². The Kier molecular flexibility index (Phi) is 4.92. The second-order valence-corrected chi connectivity index (χ2v) is 5.13. The van der Waals surface area contributed by atoms with Crippen LogP contribution in [0.5, 0.6) is 0 Å². The number of allylic oxidation sites excluding steroid dienone is 1. The van der Waals surface area contributed by atoms with E-state index in [0.717, 1.165) is 5.75 Å². The zero-order chi connectivity index (χ0) is 11.3. The molecule has 0 spiro atoms. The van der Waals surface area contributed by atoms with Crippen LogP contribution in [0.2, 0.25) is 0 Å². The topological polar surface area (TPSA) is 26.0 Å². The van der Waals surface area contributed by atoms with E-state index in [4.69, 9.17) is 5.73 Å².